The minimum absolute atomic E-state index is 0.130. The first kappa shape index (κ1) is 16.6. The van der Waals surface area contributed by atoms with Crippen molar-refractivity contribution in [3.8, 4) is 6.07 Å². The molecule has 0 atom stereocenters. The summed E-state index contributed by atoms with van der Waals surface area (Å²) < 4.78 is 13.0. The number of carbonyl (C=O) groups excluding carboxylic acids is 2. The standard InChI is InChI=1S/C19H16FNO2/c1-13-8-17(20)7-6-16(13)10-19(23)11-18(22)9-14-2-4-15(12-21)5-3-14/h2-8H,9-11H2,1H3. The molecule has 0 aliphatic rings. The highest BCUT2D eigenvalue weighted by Crippen LogP contribution is 2.12. The summed E-state index contributed by atoms with van der Waals surface area (Å²) in [5.41, 5.74) is 2.75. The van der Waals surface area contributed by atoms with Gasteiger partial charge in [0.25, 0.3) is 0 Å². The zero-order chi connectivity index (χ0) is 16.8. The predicted molar refractivity (Wildman–Crippen MR) is 84.3 cm³/mol. The molecule has 0 bridgehead atoms. The molecule has 23 heavy (non-hydrogen) atoms. The molecular formula is C19H16FNO2. The summed E-state index contributed by atoms with van der Waals surface area (Å²) in [6.45, 7) is 1.74. The molecule has 2 rings (SSSR count). The van der Waals surface area contributed by atoms with Crippen molar-refractivity contribution < 1.29 is 14.0 Å². The smallest absolute Gasteiger partial charge is 0.144 e. The first-order valence-electron chi connectivity index (χ1n) is 7.25. The Labute approximate surface area is 134 Å². The topological polar surface area (TPSA) is 57.9 Å². The highest BCUT2D eigenvalue weighted by Gasteiger charge is 2.12. The van der Waals surface area contributed by atoms with E-state index in [1.807, 2.05) is 6.07 Å². The van der Waals surface area contributed by atoms with Crippen LogP contribution in [-0.2, 0) is 22.4 Å². The van der Waals surface area contributed by atoms with Gasteiger partial charge in [-0.05, 0) is 47.9 Å². The van der Waals surface area contributed by atoms with Crippen molar-refractivity contribution in [2.24, 2.45) is 0 Å². The number of hydrogen-bond donors (Lipinski definition) is 0. The highest BCUT2D eigenvalue weighted by atomic mass is 19.1. The number of rotatable bonds is 6. The molecule has 0 aliphatic heterocycles. The van der Waals surface area contributed by atoms with E-state index in [2.05, 4.69) is 0 Å². The lowest BCUT2D eigenvalue weighted by Crippen LogP contribution is -2.13. The van der Waals surface area contributed by atoms with Gasteiger partial charge in [0.15, 0.2) is 0 Å². The first-order valence-corrected chi connectivity index (χ1v) is 7.25. The van der Waals surface area contributed by atoms with E-state index in [4.69, 9.17) is 5.26 Å². The number of halogens is 1. The van der Waals surface area contributed by atoms with Gasteiger partial charge in [-0.15, -0.1) is 0 Å². The Morgan fingerprint density at radius 2 is 1.70 bits per heavy atom. The fraction of sp³-hybridized carbons (Fsp3) is 0.211. The van der Waals surface area contributed by atoms with Crippen LogP contribution in [0.4, 0.5) is 4.39 Å². The van der Waals surface area contributed by atoms with Gasteiger partial charge in [0.05, 0.1) is 18.1 Å². The van der Waals surface area contributed by atoms with E-state index in [0.29, 0.717) is 11.1 Å². The van der Waals surface area contributed by atoms with Crippen LogP contribution in [0.2, 0.25) is 0 Å². The predicted octanol–water partition coefficient (Wildman–Crippen LogP) is 3.32. The van der Waals surface area contributed by atoms with Gasteiger partial charge in [-0.2, -0.15) is 5.26 Å². The van der Waals surface area contributed by atoms with Crippen molar-refractivity contribution in [2.45, 2.75) is 26.2 Å². The van der Waals surface area contributed by atoms with Crippen LogP contribution in [-0.4, -0.2) is 11.6 Å². The Morgan fingerprint density at radius 3 is 2.30 bits per heavy atom. The Bertz CT molecular complexity index is 773. The fourth-order valence-corrected chi connectivity index (χ4v) is 2.34. The van der Waals surface area contributed by atoms with Gasteiger partial charge in [-0.3, -0.25) is 9.59 Å². The molecule has 0 heterocycles. The van der Waals surface area contributed by atoms with Gasteiger partial charge in [0.1, 0.15) is 17.4 Å². The van der Waals surface area contributed by atoms with Crippen molar-refractivity contribution in [3.05, 3.63) is 70.5 Å². The lowest BCUT2D eigenvalue weighted by Gasteiger charge is -2.05. The molecule has 0 amide bonds. The molecule has 4 heteroatoms. The lowest BCUT2D eigenvalue weighted by atomic mass is 9.98. The largest absolute Gasteiger partial charge is 0.299 e. The number of nitriles is 1. The first-order chi connectivity index (χ1) is 11.0. The second-order valence-electron chi connectivity index (χ2n) is 5.49. The molecule has 0 radical (unpaired) electrons. The summed E-state index contributed by atoms with van der Waals surface area (Å²) in [7, 11) is 0. The second-order valence-corrected chi connectivity index (χ2v) is 5.49. The van der Waals surface area contributed by atoms with E-state index in [-0.39, 0.29) is 36.6 Å². The van der Waals surface area contributed by atoms with Gasteiger partial charge in [0, 0.05) is 12.8 Å². The molecule has 2 aromatic carbocycles. The third-order valence-corrected chi connectivity index (χ3v) is 3.57. The number of aryl methyl sites for hydroxylation is 1. The number of nitrogens with zero attached hydrogens (tertiary/aromatic N) is 1. The van der Waals surface area contributed by atoms with Crippen LogP contribution in [0.3, 0.4) is 0 Å². The maximum atomic E-state index is 13.0. The summed E-state index contributed by atoms with van der Waals surface area (Å²) in [5.74, 6) is -0.687. The van der Waals surface area contributed by atoms with E-state index < -0.39 is 0 Å². The Kier molecular flexibility index (Phi) is 5.37. The van der Waals surface area contributed by atoms with E-state index in [0.717, 1.165) is 11.1 Å². The molecule has 0 unspecified atom stereocenters. The molecular weight excluding hydrogens is 293 g/mol. The monoisotopic (exact) mass is 309 g/mol. The van der Waals surface area contributed by atoms with Crippen LogP contribution in [0.1, 0.15) is 28.7 Å². The molecule has 0 fully saturated rings. The number of benzene rings is 2. The summed E-state index contributed by atoms with van der Waals surface area (Å²) in [6.07, 6.45) is 0.155. The average molecular weight is 309 g/mol. The number of Topliss-reactive ketones (excluding diaryl/α,β-unsaturated/α-hetero) is 2. The Hall–Kier alpha value is -2.80. The molecule has 0 N–H and O–H groups in total. The molecule has 0 saturated heterocycles. The normalized spacial score (nSPS) is 10.1. The van der Waals surface area contributed by atoms with Crippen LogP contribution in [0, 0.1) is 24.1 Å². The zero-order valence-corrected chi connectivity index (χ0v) is 12.8. The molecule has 116 valence electrons. The number of ketones is 2. The SMILES string of the molecule is Cc1cc(F)ccc1CC(=O)CC(=O)Cc1ccc(C#N)cc1. The van der Waals surface area contributed by atoms with Gasteiger partial charge in [-0.1, -0.05) is 18.2 Å². The van der Waals surface area contributed by atoms with E-state index in [1.54, 1.807) is 37.3 Å². The zero-order valence-electron chi connectivity index (χ0n) is 12.8. The number of carbonyl (C=O) groups is 2. The fourth-order valence-electron chi connectivity index (χ4n) is 2.34. The average Bonchev–Trinajstić information content (AvgIpc) is 2.50. The van der Waals surface area contributed by atoms with E-state index in [1.165, 1.54) is 12.1 Å². The van der Waals surface area contributed by atoms with Gasteiger partial charge in [-0.25, -0.2) is 4.39 Å². The lowest BCUT2D eigenvalue weighted by molar-refractivity contribution is -0.126. The summed E-state index contributed by atoms with van der Waals surface area (Å²) >= 11 is 0. The molecule has 0 saturated carbocycles. The Balaban J connectivity index is 1.91. The van der Waals surface area contributed by atoms with Crippen molar-refractivity contribution in [2.75, 3.05) is 0 Å². The minimum Gasteiger partial charge on any atom is -0.299 e. The summed E-state index contributed by atoms with van der Waals surface area (Å²) in [5, 5.41) is 8.72. The quantitative estimate of drug-likeness (QED) is 0.769. The van der Waals surface area contributed by atoms with Crippen LogP contribution < -0.4 is 0 Å². The molecule has 0 aromatic heterocycles. The van der Waals surface area contributed by atoms with E-state index in [9.17, 15) is 14.0 Å². The maximum Gasteiger partial charge on any atom is 0.144 e. The highest BCUT2D eigenvalue weighted by molar-refractivity contribution is 6.00. The van der Waals surface area contributed by atoms with Gasteiger partial charge < -0.3 is 0 Å². The molecule has 3 nitrogen and oxygen atoms in total. The third-order valence-electron chi connectivity index (χ3n) is 3.57. The summed E-state index contributed by atoms with van der Waals surface area (Å²) in [6, 6.07) is 13.0. The van der Waals surface area contributed by atoms with Crippen LogP contribution in [0.5, 0.6) is 0 Å². The molecule has 0 aliphatic carbocycles. The third kappa shape index (κ3) is 4.86. The van der Waals surface area contributed by atoms with Crippen molar-refractivity contribution in [3.63, 3.8) is 0 Å². The molecule has 0 spiro atoms. The van der Waals surface area contributed by atoms with Crippen LogP contribution >= 0.6 is 0 Å². The summed E-state index contributed by atoms with van der Waals surface area (Å²) in [4.78, 5) is 24.0. The second kappa shape index (κ2) is 7.46. The van der Waals surface area contributed by atoms with Gasteiger partial charge in [0.2, 0.25) is 0 Å². The number of hydrogen-bond acceptors (Lipinski definition) is 3. The van der Waals surface area contributed by atoms with Gasteiger partial charge >= 0.3 is 0 Å². The van der Waals surface area contributed by atoms with Crippen LogP contribution in [0.15, 0.2) is 42.5 Å². The Morgan fingerprint density at radius 1 is 1.04 bits per heavy atom. The minimum atomic E-state index is -0.337. The van der Waals surface area contributed by atoms with Crippen molar-refractivity contribution in [1.29, 1.82) is 5.26 Å². The van der Waals surface area contributed by atoms with E-state index >= 15 is 0 Å². The van der Waals surface area contributed by atoms with Crippen molar-refractivity contribution in [1.82, 2.24) is 0 Å². The van der Waals surface area contributed by atoms with Crippen molar-refractivity contribution >= 4 is 11.6 Å². The maximum absolute atomic E-state index is 13.0. The molecule has 2 aromatic rings. The van der Waals surface area contributed by atoms with Crippen LogP contribution in [0.25, 0.3) is 0 Å².